The quantitative estimate of drug-likeness (QED) is 0.614. The van der Waals surface area contributed by atoms with Crippen molar-refractivity contribution in [3.05, 3.63) is 41.7 Å². The van der Waals surface area contributed by atoms with Crippen LogP contribution in [-0.4, -0.2) is 39.2 Å². The predicted molar refractivity (Wildman–Crippen MR) is 102 cm³/mol. The SMILES string of the molecule is Cc1cc(C)n2c(S[C@@H](C)C(=O)Nc3ccc(S(N)(=O)=O)cc3)nnc2n1. The zero-order valence-electron chi connectivity index (χ0n) is 14.9. The Morgan fingerprint density at radius 3 is 2.52 bits per heavy atom. The Kier molecular flexibility index (Phi) is 5.18. The van der Waals surface area contributed by atoms with Gasteiger partial charge in [0.15, 0.2) is 5.16 Å². The third-order valence-electron chi connectivity index (χ3n) is 3.76. The Hall–Kier alpha value is -2.50. The van der Waals surface area contributed by atoms with Gasteiger partial charge in [-0.1, -0.05) is 11.8 Å². The fourth-order valence-electron chi connectivity index (χ4n) is 2.46. The molecule has 0 aliphatic carbocycles. The van der Waals surface area contributed by atoms with Crippen molar-refractivity contribution in [2.45, 2.75) is 36.1 Å². The number of nitrogens with zero attached hydrogens (tertiary/aromatic N) is 4. The van der Waals surface area contributed by atoms with Gasteiger partial charge in [-0.2, -0.15) is 0 Å². The van der Waals surface area contributed by atoms with Crippen LogP contribution in [0.4, 0.5) is 5.69 Å². The van der Waals surface area contributed by atoms with E-state index >= 15 is 0 Å². The molecule has 142 valence electrons. The van der Waals surface area contributed by atoms with Crippen LogP contribution in [-0.2, 0) is 14.8 Å². The number of rotatable bonds is 5. The van der Waals surface area contributed by atoms with E-state index in [9.17, 15) is 13.2 Å². The molecular formula is C16H18N6O3S2. The van der Waals surface area contributed by atoms with E-state index in [1.165, 1.54) is 36.0 Å². The Bertz CT molecular complexity index is 1110. The summed E-state index contributed by atoms with van der Waals surface area (Å²) in [6.45, 7) is 5.55. The van der Waals surface area contributed by atoms with Crippen molar-refractivity contribution in [3.8, 4) is 0 Å². The summed E-state index contributed by atoms with van der Waals surface area (Å²) in [7, 11) is -3.77. The van der Waals surface area contributed by atoms with Crippen molar-refractivity contribution in [1.29, 1.82) is 0 Å². The summed E-state index contributed by atoms with van der Waals surface area (Å²) in [5.41, 5.74) is 2.24. The molecule has 0 saturated heterocycles. The molecule has 27 heavy (non-hydrogen) atoms. The molecule has 1 aromatic carbocycles. The molecule has 1 atom stereocenters. The van der Waals surface area contributed by atoms with E-state index < -0.39 is 15.3 Å². The first-order chi connectivity index (χ1) is 12.6. The zero-order chi connectivity index (χ0) is 19.8. The normalized spacial score (nSPS) is 12.9. The Morgan fingerprint density at radius 2 is 1.89 bits per heavy atom. The number of aromatic nitrogens is 4. The average Bonchev–Trinajstić information content (AvgIpc) is 2.97. The first kappa shape index (κ1) is 19.3. The first-order valence-corrected chi connectivity index (χ1v) is 10.4. The third-order valence-corrected chi connectivity index (χ3v) is 5.74. The number of nitrogens with one attached hydrogen (secondary N) is 1. The summed E-state index contributed by atoms with van der Waals surface area (Å²) in [5.74, 6) is 0.235. The monoisotopic (exact) mass is 406 g/mol. The molecule has 0 saturated carbocycles. The Morgan fingerprint density at radius 1 is 1.22 bits per heavy atom. The minimum atomic E-state index is -3.77. The molecule has 9 nitrogen and oxygen atoms in total. The zero-order valence-corrected chi connectivity index (χ0v) is 16.5. The maximum absolute atomic E-state index is 12.4. The molecule has 0 unspecified atom stereocenters. The molecule has 11 heteroatoms. The van der Waals surface area contributed by atoms with Crippen LogP contribution in [0.1, 0.15) is 18.3 Å². The Balaban J connectivity index is 1.73. The second-order valence-electron chi connectivity index (χ2n) is 5.98. The van der Waals surface area contributed by atoms with Crippen molar-refractivity contribution >= 4 is 39.2 Å². The number of primary sulfonamides is 1. The van der Waals surface area contributed by atoms with Gasteiger partial charge in [-0.15, -0.1) is 10.2 Å². The van der Waals surface area contributed by atoms with Gasteiger partial charge in [0, 0.05) is 17.1 Å². The van der Waals surface area contributed by atoms with Crippen molar-refractivity contribution in [2.24, 2.45) is 5.14 Å². The highest BCUT2D eigenvalue weighted by Gasteiger charge is 2.19. The summed E-state index contributed by atoms with van der Waals surface area (Å²) in [6.07, 6.45) is 0. The molecule has 1 amide bonds. The fourth-order valence-corrected chi connectivity index (χ4v) is 3.88. The fraction of sp³-hybridized carbons (Fsp3) is 0.250. The summed E-state index contributed by atoms with van der Waals surface area (Å²) in [6, 6.07) is 7.56. The number of hydrogen-bond donors (Lipinski definition) is 2. The third kappa shape index (κ3) is 4.26. The number of sulfonamides is 1. The average molecular weight is 406 g/mol. The highest BCUT2D eigenvalue weighted by atomic mass is 32.2. The second-order valence-corrected chi connectivity index (χ2v) is 8.84. The number of fused-ring (bicyclic) bond motifs is 1. The minimum absolute atomic E-state index is 0.0175. The summed E-state index contributed by atoms with van der Waals surface area (Å²) < 4.78 is 24.3. The minimum Gasteiger partial charge on any atom is -0.325 e. The van der Waals surface area contributed by atoms with Gasteiger partial charge in [-0.25, -0.2) is 18.5 Å². The molecule has 0 fully saturated rings. The lowest BCUT2D eigenvalue weighted by Gasteiger charge is -2.12. The van der Waals surface area contributed by atoms with Crippen LogP contribution >= 0.6 is 11.8 Å². The van der Waals surface area contributed by atoms with E-state index in [0.29, 0.717) is 16.6 Å². The van der Waals surface area contributed by atoms with Gasteiger partial charge in [-0.3, -0.25) is 9.20 Å². The number of aryl methyl sites for hydroxylation is 2. The van der Waals surface area contributed by atoms with Crippen molar-refractivity contribution in [1.82, 2.24) is 19.6 Å². The van der Waals surface area contributed by atoms with Crippen LogP contribution in [0.2, 0.25) is 0 Å². The lowest BCUT2D eigenvalue weighted by atomic mass is 10.3. The lowest BCUT2D eigenvalue weighted by molar-refractivity contribution is -0.115. The number of thioether (sulfide) groups is 1. The molecule has 3 aromatic rings. The number of hydrogen-bond acceptors (Lipinski definition) is 7. The van der Waals surface area contributed by atoms with Crippen LogP contribution < -0.4 is 10.5 Å². The number of nitrogens with two attached hydrogens (primary N) is 1. The highest BCUT2D eigenvalue weighted by molar-refractivity contribution is 8.00. The van der Waals surface area contributed by atoms with Gasteiger partial charge in [-0.05, 0) is 51.1 Å². The van der Waals surface area contributed by atoms with Crippen molar-refractivity contribution < 1.29 is 13.2 Å². The van der Waals surface area contributed by atoms with Crippen molar-refractivity contribution in [2.75, 3.05) is 5.32 Å². The van der Waals surface area contributed by atoms with Gasteiger partial charge in [0.1, 0.15) is 0 Å². The summed E-state index contributed by atoms with van der Waals surface area (Å²) >= 11 is 1.26. The van der Waals surface area contributed by atoms with Crippen molar-refractivity contribution in [3.63, 3.8) is 0 Å². The smallest absolute Gasteiger partial charge is 0.256 e. The van der Waals surface area contributed by atoms with Crippen LogP contribution in [0.5, 0.6) is 0 Å². The molecule has 3 N–H and O–H groups in total. The van der Waals surface area contributed by atoms with E-state index in [0.717, 1.165) is 11.4 Å². The number of amides is 1. The number of carbonyl (C=O) groups excluding carboxylic acids is 1. The summed E-state index contributed by atoms with van der Waals surface area (Å²) in [5, 5.41) is 16.1. The van der Waals surface area contributed by atoms with Crippen LogP contribution in [0.3, 0.4) is 0 Å². The van der Waals surface area contributed by atoms with E-state index in [1.54, 1.807) is 11.3 Å². The molecule has 2 aromatic heterocycles. The van der Waals surface area contributed by atoms with Gasteiger partial charge in [0.25, 0.3) is 5.78 Å². The van der Waals surface area contributed by atoms with Gasteiger partial charge < -0.3 is 5.32 Å². The highest BCUT2D eigenvalue weighted by Crippen LogP contribution is 2.24. The molecule has 2 heterocycles. The summed E-state index contributed by atoms with van der Waals surface area (Å²) in [4.78, 5) is 16.8. The van der Waals surface area contributed by atoms with E-state index in [4.69, 9.17) is 5.14 Å². The van der Waals surface area contributed by atoms with Gasteiger partial charge >= 0.3 is 0 Å². The molecule has 0 aliphatic heterocycles. The van der Waals surface area contributed by atoms with E-state index in [1.807, 2.05) is 19.9 Å². The molecule has 3 rings (SSSR count). The van der Waals surface area contributed by atoms with Crippen LogP contribution in [0.25, 0.3) is 5.78 Å². The number of anilines is 1. The Labute approximate surface area is 160 Å². The lowest BCUT2D eigenvalue weighted by Crippen LogP contribution is -2.23. The van der Waals surface area contributed by atoms with Gasteiger partial charge in [0.2, 0.25) is 15.9 Å². The van der Waals surface area contributed by atoms with E-state index in [2.05, 4.69) is 20.5 Å². The topological polar surface area (TPSA) is 132 Å². The number of carbonyl (C=O) groups is 1. The first-order valence-electron chi connectivity index (χ1n) is 7.95. The van der Waals surface area contributed by atoms with E-state index in [-0.39, 0.29) is 10.8 Å². The standard InChI is InChI=1S/C16H18N6O3S2/c1-9-8-10(2)22-15(18-9)20-21-16(22)26-11(3)14(23)19-12-4-6-13(7-5-12)27(17,24)25/h4-8,11H,1-3H3,(H,19,23)(H2,17,24,25)/t11-/m0/s1. The maximum Gasteiger partial charge on any atom is 0.256 e. The maximum atomic E-state index is 12.4. The largest absolute Gasteiger partial charge is 0.325 e. The molecule has 0 radical (unpaired) electrons. The molecule has 0 bridgehead atoms. The molecular weight excluding hydrogens is 388 g/mol. The molecule has 0 spiro atoms. The van der Waals surface area contributed by atoms with Crippen LogP contribution in [0.15, 0.2) is 40.4 Å². The number of benzene rings is 1. The van der Waals surface area contributed by atoms with Gasteiger partial charge in [0.05, 0.1) is 10.1 Å². The second kappa shape index (κ2) is 7.25. The predicted octanol–water partition coefficient (Wildman–Crippen LogP) is 1.51. The molecule has 0 aliphatic rings. The van der Waals surface area contributed by atoms with Crippen LogP contribution in [0, 0.1) is 13.8 Å².